The zero-order valence-electron chi connectivity index (χ0n) is 15.8. The van der Waals surface area contributed by atoms with E-state index < -0.39 is 0 Å². The molecule has 2 aliphatic rings. The number of hydrogen-bond donors (Lipinski definition) is 2. The maximum absolute atomic E-state index is 12.6. The van der Waals surface area contributed by atoms with Crippen molar-refractivity contribution in [2.24, 2.45) is 11.7 Å². The maximum Gasteiger partial charge on any atom is 0.234 e. The minimum Gasteiger partial charge on any atom is -0.354 e. The van der Waals surface area contributed by atoms with Crippen molar-refractivity contribution in [1.29, 1.82) is 0 Å². The zero-order valence-corrected chi connectivity index (χ0v) is 15.8. The van der Waals surface area contributed by atoms with Crippen LogP contribution in [-0.2, 0) is 10.2 Å². The lowest BCUT2D eigenvalue weighted by Gasteiger charge is -2.19. The lowest BCUT2D eigenvalue weighted by atomic mass is 9.89. The molecule has 1 amide bonds. The molecule has 27 heavy (non-hydrogen) atoms. The van der Waals surface area contributed by atoms with Crippen LogP contribution in [0.1, 0.15) is 29.9 Å². The van der Waals surface area contributed by atoms with E-state index in [0.29, 0.717) is 24.9 Å². The number of amides is 1. The van der Waals surface area contributed by atoms with Gasteiger partial charge in [-0.3, -0.25) is 9.69 Å². The molecule has 2 aromatic rings. The van der Waals surface area contributed by atoms with Crippen molar-refractivity contribution in [3.8, 4) is 0 Å². The van der Waals surface area contributed by atoms with Crippen molar-refractivity contribution >= 4 is 5.91 Å². The Morgan fingerprint density at radius 1 is 1.04 bits per heavy atom. The highest BCUT2D eigenvalue weighted by Gasteiger charge is 2.44. The van der Waals surface area contributed by atoms with Crippen LogP contribution in [0.25, 0.3) is 0 Å². The molecule has 4 heteroatoms. The Morgan fingerprint density at radius 2 is 1.70 bits per heavy atom. The molecule has 142 valence electrons. The number of likely N-dealkylation sites (tertiary alicyclic amines) is 1. The Labute approximate surface area is 161 Å². The molecular formula is C23H29N3O. The van der Waals surface area contributed by atoms with Gasteiger partial charge in [0, 0.05) is 31.0 Å². The molecule has 2 aromatic carbocycles. The SMILES string of the molecule is NC[C@@H]1CN(CC(=O)NCC2(c3ccccc3)CC2)C[C@H]1c1ccccc1. The van der Waals surface area contributed by atoms with Gasteiger partial charge in [0.2, 0.25) is 5.91 Å². The summed E-state index contributed by atoms with van der Waals surface area (Å²) >= 11 is 0. The minimum absolute atomic E-state index is 0.127. The van der Waals surface area contributed by atoms with Crippen LogP contribution in [0.2, 0.25) is 0 Å². The molecule has 0 unspecified atom stereocenters. The van der Waals surface area contributed by atoms with Gasteiger partial charge in [0.25, 0.3) is 0 Å². The molecule has 2 fully saturated rings. The normalized spacial score (nSPS) is 23.9. The first kappa shape index (κ1) is 18.2. The van der Waals surface area contributed by atoms with Gasteiger partial charge in [0.05, 0.1) is 6.54 Å². The fourth-order valence-electron chi connectivity index (χ4n) is 4.44. The van der Waals surface area contributed by atoms with E-state index >= 15 is 0 Å². The van der Waals surface area contributed by atoms with E-state index in [1.54, 1.807) is 0 Å². The predicted octanol–water partition coefficient (Wildman–Crippen LogP) is 2.51. The standard InChI is InChI=1S/C23H29N3O/c24-13-19-14-26(15-21(19)18-7-3-1-4-8-18)16-22(27)25-17-23(11-12-23)20-9-5-2-6-10-20/h1-10,19,21H,11-17,24H2,(H,25,27)/t19-,21+/m1/s1. The molecule has 1 aliphatic carbocycles. The second-order valence-corrected chi connectivity index (χ2v) is 8.13. The van der Waals surface area contributed by atoms with Crippen LogP contribution in [0.15, 0.2) is 60.7 Å². The summed E-state index contributed by atoms with van der Waals surface area (Å²) in [5, 5.41) is 3.19. The number of nitrogens with one attached hydrogen (secondary N) is 1. The summed E-state index contributed by atoms with van der Waals surface area (Å²) in [6.45, 7) is 3.67. The molecule has 1 saturated heterocycles. The third kappa shape index (κ3) is 4.07. The Kier molecular flexibility index (Phi) is 5.28. The van der Waals surface area contributed by atoms with Crippen LogP contribution in [0.4, 0.5) is 0 Å². The first-order chi connectivity index (χ1) is 13.2. The van der Waals surface area contributed by atoms with E-state index in [4.69, 9.17) is 5.73 Å². The molecule has 4 rings (SSSR count). The highest BCUT2D eigenvalue weighted by atomic mass is 16.2. The number of hydrogen-bond acceptors (Lipinski definition) is 3. The summed E-state index contributed by atoms with van der Waals surface area (Å²) < 4.78 is 0. The number of carbonyl (C=O) groups excluding carboxylic acids is 1. The first-order valence-electron chi connectivity index (χ1n) is 10.00. The monoisotopic (exact) mass is 363 g/mol. The highest BCUT2D eigenvalue weighted by Crippen LogP contribution is 2.47. The van der Waals surface area contributed by atoms with Gasteiger partial charge >= 0.3 is 0 Å². The third-order valence-electron chi connectivity index (χ3n) is 6.28. The van der Waals surface area contributed by atoms with E-state index in [9.17, 15) is 4.79 Å². The summed E-state index contributed by atoms with van der Waals surface area (Å²) in [7, 11) is 0. The zero-order chi connectivity index (χ0) is 18.7. The highest BCUT2D eigenvalue weighted by molar-refractivity contribution is 5.78. The largest absolute Gasteiger partial charge is 0.354 e. The third-order valence-corrected chi connectivity index (χ3v) is 6.28. The molecule has 4 nitrogen and oxygen atoms in total. The number of rotatable bonds is 7. The van der Waals surface area contributed by atoms with E-state index in [-0.39, 0.29) is 11.3 Å². The topological polar surface area (TPSA) is 58.4 Å². The molecule has 0 aromatic heterocycles. The van der Waals surface area contributed by atoms with Gasteiger partial charge in [-0.25, -0.2) is 0 Å². The average Bonchev–Trinajstić information content (AvgIpc) is 3.41. The van der Waals surface area contributed by atoms with Crippen molar-refractivity contribution in [2.45, 2.75) is 24.2 Å². The van der Waals surface area contributed by atoms with Gasteiger partial charge in [-0.15, -0.1) is 0 Å². The van der Waals surface area contributed by atoms with Gasteiger partial charge < -0.3 is 11.1 Å². The minimum atomic E-state index is 0.127. The molecule has 0 bridgehead atoms. The van der Waals surface area contributed by atoms with E-state index in [1.165, 1.54) is 11.1 Å². The van der Waals surface area contributed by atoms with E-state index in [2.05, 4.69) is 58.7 Å². The Bertz CT molecular complexity index is 758. The molecule has 2 atom stereocenters. The fourth-order valence-corrected chi connectivity index (χ4v) is 4.44. The van der Waals surface area contributed by atoms with Crippen molar-refractivity contribution in [3.63, 3.8) is 0 Å². The van der Waals surface area contributed by atoms with Crippen LogP contribution in [0.3, 0.4) is 0 Å². The number of carbonyl (C=O) groups is 1. The summed E-state index contributed by atoms with van der Waals surface area (Å²) in [5.74, 6) is 0.962. The molecule has 3 N–H and O–H groups in total. The van der Waals surface area contributed by atoms with Crippen molar-refractivity contribution < 1.29 is 4.79 Å². The van der Waals surface area contributed by atoms with Gasteiger partial charge in [0.1, 0.15) is 0 Å². The predicted molar refractivity (Wildman–Crippen MR) is 109 cm³/mol. The smallest absolute Gasteiger partial charge is 0.234 e. The Hall–Kier alpha value is -2.17. The number of nitrogens with zero attached hydrogens (tertiary/aromatic N) is 1. The van der Waals surface area contributed by atoms with Crippen LogP contribution in [0.5, 0.6) is 0 Å². The van der Waals surface area contributed by atoms with Crippen LogP contribution in [0, 0.1) is 5.92 Å². The molecule has 1 heterocycles. The molecule has 0 spiro atoms. The molecule has 1 saturated carbocycles. The second-order valence-electron chi connectivity index (χ2n) is 8.13. The van der Waals surface area contributed by atoms with Gasteiger partial charge in [-0.2, -0.15) is 0 Å². The van der Waals surface area contributed by atoms with Crippen LogP contribution in [-0.4, -0.2) is 43.5 Å². The van der Waals surface area contributed by atoms with E-state index in [1.807, 2.05) is 12.1 Å². The van der Waals surface area contributed by atoms with E-state index in [0.717, 1.165) is 32.5 Å². The first-order valence-corrected chi connectivity index (χ1v) is 10.00. The van der Waals surface area contributed by atoms with Crippen molar-refractivity contribution in [2.75, 3.05) is 32.7 Å². The quantitative estimate of drug-likeness (QED) is 0.795. The summed E-state index contributed by atoms with van der Waals surface area (Å²) in [4.78, 5) is 14.8. The summed E-state index contributed by atoms with van der Waals surface area (Å²) in [6.07, 6.45) is 2.32. The van der Waals surface area contributed by atoms with Crippen molar-refractivity contribution in [1.82, 2.24) is 10.2 Å². The average molecular weight is 364 g/mol. The molecule has 0 radical (unpaired) electrons. The van der Waals surface area contributed by atoms with Gasteiger partial charge in [-0.1, -0.05) is 60.7 Å². The lowest BCUT2D eigenvalue weighted by molar-refractivity contribution is -0.122. The maximum atomic E-state index is 12.6. The molecule has 1 aliphatic heterocycles. The summed E-state index contributed by atoms with van der Waals surface area (Å²) in [6, 6.07) is 21.1. The van der Waals surface area contributed by atoms with Gasteiger partial charge in [-0.05, 0) is 36.4 Å². The second kappa shape index (κ2) is 7.83. The number of benzene rings is 2. The van der Waals surface area contributed by atoms with Crippen molar-refractivity contribution in [3.05, 3.63) is 71.8 Å². The molecular weight excluding hydrogens is 334 g/mol. The van der Waals surface area contributed by atoms with Crippen LogP contribution < -0.4 is 11.1 Å². The fraction of sp³-hybridized carbons (Fsp3) is 0.435. The number of nitrogens with two attached hydrogens (primary N) is 1. The lowest BCUT2D eigenvalue weighted by Crippen LogP contribution is -2.39. The Balaban J connectivity index is 1.31. The summed E-state index contributed by atoms with van der Waals surface area (Å²) in [5.41, 5.74) is 8.85. The van der Waals surface area contributed by atoms with Crippen LogP contribution >= 0.6 is 0 Å². The Morgan fingerprint density at radius 3 is 2.33 bits per heavy atom. The van der Waals surface area contributed by atoms with Gasteiger partial charge in [0.15, 0.2) is 0 Å².